The van der Waals surface area contributed by atoms with Crippen molar-refractivity contribution in [2.24, 2.45) is 5.92 Å². The summed E-state index contributed by atoms with van der Waals surface area (Å²) in [7, 11) is 0. The van der Waals surface area contributed by atoms with Gasteiger partial charge in [0.2, 0.25) is 5.91 Å². The highest BCUT2D eigenvalue weighted by Gasteiger charge is 2.29. The van der Waals surface area contributed by atoms with Crippen LogP contribution in [0.3, 0.4) is 0 Å². The molecule has 5 rings (SSSR count). The fourth-order valence-corrected chi connectivity index (χ4v) is 4.69. The lowest BCUT2D eigenvalue weighted by atomic mass is 10.1. The second kappa shape index (κ2) is 9.63. The number of nitrogens with one attached hydrogen (secondary N) is 3. The largest absolute Gasteiger partial charge is 0.393 e. The zero-order valence-electron chi connectivity index (χ0n) is 19.3. The Morgan fingerprint density at radius 3 is 2.50 bits per heavy atom. The third-order valence-corrected chi connectivity index (χ3v) is 6.97. The molecule has 178 valence electrons. The lowest BCUT2D eigenvalue weighted by Gasteiger charge is -2.32. The summed E-state index contributed by atoms with van der Waals surface area (Å²) in [5.41, 5.74) is 2.71. The molecule has 34 heavy (non-hydrogen) atoms. The number of aryl methyl sites for hydroxylation is 1. The molecule has 1 amide bonds. The van der Waals surface area contributed by atoms with Crippen LogP contribution in [0.5, 0.6) is 0 Å². The number of aliphatic hydroxyl groups is 1. The minimum Gasteiger partial charge on any atom is -0.393 e. The van der Waals surface area contributed by atoms with Gasteiger partial charge < -0.3 is 20.6 Å². The lowest BCUT2D eigenvalue weighted by molar-refractivity contribution is -0.117. The Hall–Kier alpha value is -3.11. The van der Waals surface area contributed by atoms with E-state index in [0.29, 0.717) is 16.8 Å². The van der Waals surface area contributed by atoms with E-state index in [-0.39, 0.29) is 17.9 Å². The number of piperidine rings is 1. The van der Waals surface area contributed by atoms with Crippen LogP contribution in [0, 0.1) is 19.8 Å². The molecule has 2 aromatic heterocycles. The summed E-state index contributed by atoms with van der Waals surface area (Å²) in [6.45, 7) is 5.46. The number of rotatable bonds is 7. The average molecular weight is 480 g/mol. The van der Waals surface area contributed by atoms with Gasteiger partial charge in [0, 0.05) is 46.9 Å². The molecule has 1 aromatic carbocycles. The van der Waals surface area contributed by atoms with E-state index < -0.39 is 0 Å². The van der Waals surface area contributed by atoms with Crippen LogP contribution < -0.4 is 15.5 Å². The highest BCUT2D eigenvalue weighted by molar-refractivity contribution is 7.99. The van der Waals surface area contributed by atoms with Gasteiger partial charge in [-0.1, -0.05) is 0 Å². The maximum atomic E-state index is 12.0. The van der Waals surface area contributed by atoms with E-state index in [2.05, 4.69) is 25.7 Å². The minimum absolute atomic E-state index is 0.0999. The average Bonchev–Trinajstić information content (AvgIpc) is 3.60. The van der Waals surface area contributed by atoms with Crippen molar-refractivity contribution in [1.29, 1.82) is 0 Å². The minimum atomic E-state index is -0.254. The summed E-state index contributed by atoms with van der Waals surface area (Å²) in [5.74, 6) is 2.55. The molecule has 9 nitrogen and oxygen atoms in total. The Labute approximate surface area is 202 Å². The Kier molecular flexibility index (Phi) is 6.42. The fourth-order valence-electron chi connectivity index (χ4n) is 3.94. The number of benzene rings is 1. The normalized spacial score (nSPS) is 16.5. The predicted molar refractivity (Wildman–Crippen MR) is 133 cm³/mol. The highest BCUT2D eigenvalue weighted by atomic mass is 32.2. The van der Waals surface area contributed by atoms with Crippen molar-refractivity contribution >= 4 is 40.8 Å². The maximum absolute atomic E-state index is 12.0. The van der Waals surface area contributed by atoms with E-state index in [9.17, 15) is 9.90 Å². The van der Waals surface area contributed by atoms with Crippen molar-refractivity contribution < 1.29 is 9.90 Å². The number of aliphatic hydroxyl groups excluding tert-OH is 1. The number of aromatic amines is 1. The standard InChI is InChI=1S/C24H29N7O2S/c1-14-13-20(30-29-14)26-21-15(2)22(31-11-9-18(32)10-12-31)28-24(27-21)34-19-7-5-17(6-8-19)25-23(33)16-3-4-16/h5-8,13,16,18,32H,3-4,9-12H2,1-2H3,(H,25,33)(H2,26,27,28,29,30). The van der Waals surface area contributed by atoms with Gasteiger partial charge in [-0.2, -0.15) is 5.10 Å². The Morgan fingerprint density at radius 2 is 1.85 bits per heavy atom. The van der Waals surface area contributed by atoms with Gasteiger partial charge in [-0.25, -0.2) is 9.97 Å². The lowest BCUT2D eigenvalue weighted by Crippen LogP contribution is -2.37. The zero-order chi connectivity index (χ0) is 23.7. The smallest absolute Gasteiger partial charge is 0.227 e. The van der Waals surface area contributed by atoms with Gasteiger partial charge in [-0.3, -0.25) is 9.89 Å². The fraction of sp³-hybridized carbons (Fsp3) is 0.417. The summed E-state index contributed by atoms with van der Waals surface area (Å²) in [4.78, 5) is 24.9. The first-order valence-corrected chi connectivity index (χ1v) is 12.5. The van der Waals surface area contributed by atoms with Crippen molar-refractivity contribution in [1.82, 2.24) is 20.2 Å². The molecule has 3 aromatic rings. The van der Waals surface area contributed by atoms with Gasteiger partial charge in [0.25, 0.3) is 0 Å². The zero-order valence-corrected chi connectivity index (χ0v) is 20.2. The molecule has 4 N–H and O–H groups in total. The van der Waals surface area contributed by atoms with Crippen LogP contribution in [-0.2, 0) is 4.79 Å². The van der Waals surface area contributed by atoms with Crippen LogP contribution >= 0.6 is 11.8 Å². The quantitative estimate of drug-likeness (QED) is 0.375. The molecule has 1 saturated heterocycles. The third kappa shape index (κ3) is 5.34. The van der Waals surface area contributed by atoms with Crippen molar-refractivity contribution in [2.45, 2.75) is 55.7 Å². The van der Waals surface area contributed by atoms with Crippen molar-refractivity contribution in [2.75, 3.05) is 28.6 Å². The SMILES string of the molecule is Cc1cc(Nc2nc(Sc3ccc(NC(=O)C4CC4)cc3)nc(N3CCC(O)CC3)c2C)n[nH]1. The molecule has 0 unspecified atom stereocenters. The number of anilines is 4. The Bertz CT molecular complexity index is 1170. The van der Waals surface area contributed by atoms with Crippen LogP contribution in [0.25, 0.3) is 0 Å². The van der Waals surface area contributed by atoms with Crippen molar-refractivity contribution in [3.8, 4) is 0 Å². The summed E-state index contributed by atoms with van der Waals surface area (Å²) >= 11 is 1.47. The van der Waals surface area contributed by atoms with E-state index in [0.717, 1.165) is 66.4 Å². The van der Waals surface area contributed by atoms with E-state index in [1.807, 2.05) is 44.2 Å². The molecule has 1 saturated carbocycles. The van der Waals surface area contributed by atoms with E-state index in [1.54, 1.807) is 0 Å². The highest BCUT2D eigenvalue weighted by Crippen LogP contribution is 2.34. The molecule has 1 aliphatic heterocycles. The van der Waals surface area contributed by atoms with Gasteiger partial charge >= 0.3 is 0 Å². The summed E-state index contributed by atoms with van der Waals surface area (Å²) < 4.78 is 0. The second-order valence-corrected chi connectivity index (χ2v) is 10.0. The number of carbonyl (C=O) groups excluding carboxylic acids is 1. The first kappa shape index (κ1) is 22.7. The number of H-pyrrole nitrogens is 1. The number of amides is 1. The molecular weight excluding hydrogens is 450 g/mol. The van der Waals surface area contributed by atoms with Crippen LogP contribution in [0.4, 0.5) is 23.1 Å². The Morgan fingerprint density at radius 1 is 1.12 bits per heavy atom. The summed E-state index contributed by atoms with van der Waals surface area (Å²) in [6, 6.07) is 9.69. The van der Waals surface area contributed by atoms with Crippen molar-refractivity contribution in [3.05, 3.63) is 41.6 Å². The maximum Gasteiger partial charge on any atom is 0.227 e. The van der Waals surface area contributed by atoms with E-state index >= 15 is 0 Å². The number of carbonyl (C=O) groups is 1. The van der Waals surface area contributed by atoms with Gasteiger partial charge in [0.05, 0.1) is 6.10 Å². The monoisotopic (exact) mass is 479 g/mol. The van der Waals surface area contributed by atoms with Gasteiger partial charge in [-0.15, -0.1) is 0 Å². The molecule has 2 fully saturated rings. The molecule has 1 aliphatic carbocycles. The molecule has 0 radical (unpaired) electrons. The molecule has 10 heteroatoms. The topological polar surface area (TPSA) is 119 Å². The molecule has 3 heterocycles. The molecule has 2 aliphatic rings. The van der Waals surface area contributed by atoms with Gasteiger partial charge in [-0.05, 0) is 75.6 Å². The van der Waals surface area contributed by atoms with Crippen LogP contribution in [-0.4, -0.2) is 50.4 Å². The number of aromatic nitrogens is 4. The molecule has 0 atom stereocenters. The van der Waals surface area contributed by atoms with Crippen LogP contribution in [0.1, 0.15) is 36.9 Å². The Balaban J connectivity index is 1.39. The molecule has 0 bridgehead atoms. The second-order valence-electron chi connectivity index (χ2n) is 8.97. The summed E-state index contributed by atoms with van der Waals surface area (Å²) in [6.07, 6.45) is 3.16. The van der Waals surface area contributed by atoms with E-state index in [4.69, 9.17) is 9.97 Å². The first-order chi connectivity index (χ1) is 16.4. The summed E-state index contributed by atoms with van der Waals surface area (Å²) in [5, 5.41) is 24.1. The van der Waals surface area contributed by atoms with Gasteiger partial charge in [0.15, 0.2) is 11.0 Å². The van der Waals surface area contributed by atoms with Crippen molar-refractivity contribution in [3.63, 3.8) is 0 Å². The van der Waals surface area contributed by atoms with Crippen LogP contribution in [0.2, 0.25) is 0 Å². The molecule has 0 spiro atoms. The number of hydrogen-bond donors (Lipinski definition) is 4. The third-order valence-electron chi connectivity index (χ3n) is 6.10. The van der Waals surface area contributed by atoms with E-state index in [1.165, 1.54) is 11.8 Å². The van der Waals surface area contributed by atoms with Crippen LogP contribution in [0.15, 0.2) is 40.4 Å². The van der Waals surface area contributed by atoms with Gasteiger partial charge in [0.1, 0.15) is 11.6 Å². The number of hydrogen-bond acceptors (Lipinski definition) is 8. The molecular formula is C24H29N7O2S. The predicted octanol–water partition coefficient (Wildman–Crippen LogP) is 4.02. The number of nitrogens with zero attached hydrogens (tertiary/aromatic N) is 4. The first-order valence-electron chi connectivity index (χ1n) is 11.6.